The minimum atomic E-state index is -0.172. The van der Waals surface area contributed by atoms with Gasteiger partial charge in [-0.25, -0.2) is 0 Å². The average molecular weight is 304 g/mol. The normalized spacial score (nSPS) is 11.9. The molecule has 0 fully saturated rings. The summed E-state index contributed by atoms with van der Waals surface area (Å²) in [5, 5.41) is 12.3. The molecule has 0 saturated carbocycles. The predicted octanol–water partition coefficient (Wildman–Crippen LogP) is 3.28. The summed E-state index contributed by atoms with van der Waals surface area (Å²) < 4.78 is 0. The Morgan fingerprint density at radius 1 is 1.24 bits per heavy atom. The van der Waals surface area contributed by atoms with Crippen LogP contribution >= 0.6 is 11.6 Å². The lowest BCUT2D eigenvalue weighted by atomic mass is 10.0. The molecule has 0 aliphatic rings. The van der Waals surface area contributed by atoms with E-state index in [9.17, 15) is 9.90 Å². The monoisotopic (exact) mass is 303 g/mol. The number of phenols is 1. The number of halogens is 1. The van der Waals surface area contributed by atoms with Crippen molar-refractivity contribution >= 4 is 17.5 Å². The van der Waals surface area contributed by atoms with Crippen molar-refractivity contribution in [2.45, 2.75) is 19.4 Å². The number of benzene rings is 2. The van der Waals surface area contributed by atoms with E-state index in [1.54, 1.807) is 19.1 Å². The topological polar surface area (TPSA) is 49.3 Å². The molecule has 2 rings (SSSR count). The molecule has 0 saturated heterocycles. The summed E-state index contributed by atoms with van der Waals surface area (Å²) in [6.07, 6.45) is 0.688. The Labute approximate surface area is 129 Å². The molecule has 2 aromatic carbocycles. The van der Waals surface area contributed by atoms with Crippen LogP contribution in [0, 0.1) is 6.92 Å². The van der Waals surface area contributed by atoms with Gasteiger partial charge in [0.25, 0.3) is 5.91 Å². The molecule has 0 aliphatic carbocycles. The molecule has 21 heavy (non-hydrogen) atoms. The zero-order chi connectivity index (χ0) is 15.2. The summed E-state index contributed by atoms with van der Waals surface area (Å²) in [6, 6.07) is 14.5. The van der Waals surface area contributed by atoms with Gasteiger partial charge in [0.15, 0.2) is 0 Å². The van der Waals surface area contributed by atoms with Crippen LogP contribution in [0.25, 0.3) is 0 Å². The fourth-order valence-electron chi connectivity index (χ4n) is 2.21. The van der Waals surface area contributed by atoms with E-state index in [0.29, 0.717) is 17.9 Å². The molecular weight excluding hydrogens is 286 g/mol. The number of hydrogen-bond acceptors (Lipinski definition) is 2. The lowest BCUT2D eigenvalue weighted by Gasteiger charge is -2.17. The van der Waals surface area contributed by atoms with Crippen LogP contribution in [0.1, 0.15) is 21.5 Å². The first kappa shape index (κ1) is 15.4. The van der Waals surface area contributed by atoms with Crippen LogP contribution in [-0.4, -0.2) is 22.9 Å². The summed E-state index contributed by atoms with van der Waals surface area (Å²) in [7, 11) is 0. The molecule has 0 spiro atoms. The van der Waals surface area contributed by atoms with Crippen LogP contribution in [0.5, 0.6) is 5.75 Å². The first-order valence-electron chi connectivity index (χ1n) is 6.80. The third-order valence-corrected chi connectivity index (χ3v) is 3.67. The van der Waals surface area contributed by atoms with Gasteiger partial charge in [-0.05, 0) is 42.7 Å². The van der Waals surface area contributed by atoms with Gasteiger partial charge in [0.2, 0.25) is 0 Å². The number of carbonyl (C=O) groups is 1. The maximum absolute atomic E-state index is 12.3. The highest BCUT2D eigenvalue weighted by Gasteiger charge is 2.15. The average Bonchev–Trinajstić information content (AvgIpc) is 2.47. The van der Waals surface area contributed by atoms with E-state index < -0.39 is 0 Å². The molecule has 3 nitrogen and oxygen atoms in total. The molecular formula is C17H18ClNO2. The van der Waals surface area contributed by atoms with E-state index >= 15 is 0 Å². The van der Waals surface area contributed by atoms with E-state index in [1.807, 2.05) is 30.3 Å². The van der Waals surface area contributed by atoms with Gasteiger partial charge in [-0.15, -0.1) is 11.6 Å². The lowest BCUT2D eigenvalue weighted by molar-refractivity contribution is 0.0940. The quantitative estimate of drug-likeness (QED) is 0.833. The van der Waals surface area contributed by atoms with Crippen molar-refractivity contribution in [3.63, 3.8) is 0 Å². The van der Waals surface area contributed by atoms with Gasteiger partial charge in [0.1, 0.15) is 5.75 Å². The van der Waals surface area contributed by atoms with Crippen molar-refractivity contribution < 1.29 is 9.90 Å². The Hall–Kier alpha value is -2.00. The van der Waals surface area contributed by atoms with Crippen LogP contribution in [0.2, 0.25) is 0 Å². The number of hydrogen-bond donors (Lipinski definition) is 2. The SMILES string of the molecule is Cc1cc(O)ccc1C(=O)NC(CCl)Cc1ccccc1. The van der Waals surface area contributed by atoms with Crippen molar-refractivity contribution in [2.24, 2.45) is 0 Å². The Kier molecular flexibility index (Phi) is 5.23. The van der Waals surface area contributed by atoms with Crippen LogP contribution in [0.4, 0.5) is 0 Å². The van der Waals surface area contributed by atoms with E-state index in [4.69, 9.17) is 11.6 Å². The van der Waals surface area contributed by atoms with Gasteiger partial charge in [-0.3, -0.25) is 4.79 Å². The predicted molar refractivity (Wildman–Crippen MR) is 85.0 cm³/mol. The number of aromatic hydroxyl groups is 1. The molecule has 1 atom stereocenters. The second-order valence-corrected chi connectivity index (χ2v) is 5.32. The van der Waals surface area contributed by atoms with Gasteiger partial charge in [-0.1, -0.05) is 30.3 Å². The highest BCUT2D eigenvalue weighted by molar-refractivity contribution is 6.18. The highest BCUT2D eigenvalue weighted by Crippen LogP contribution is 2.16. The van der Waals surface area contributed by atoms with Gasteiger partial charge in [-0.2, -0.15) is 0 Å². The van der Waals surface area contributed by atoms with Crippen LogP contribution in [0.15, 0.2) is 48.5 Å². The molecule has 0 aliphatic heterocycles. The second-order valence-electron chi connectivity index (χ2n) is 5.01. The molecule has 110 valence electrons. The molecule has 1 unspecified atom stereocenters. The van der Waals surface area contributed by atoms with Gasteiger partial charge in [0.05, 0.1) is 0 Å². The van der Waals surface area contributed by atoms with Crippen LogP contribution in [-0.2, 0) is 6.42 Å². The molecule has 0 aromatic heterocycles. The smallest absolute Gasteiger partial charge is 0.251 e. The first-order chi connectivity index (χ1) is 10.1. The Morgan fingerprint density at radius 3 is 2.57 bits per heavy atom. The number of nitrogens with one attached hydrogen (secondary N) is 1. The van der Waals surface area contributed by atoms with Crippen LogP contribution < -0.4 is 5.32 Å². The van der Waals surface area contributed by atoms with Crippen molar-refractivity contribution in [2.75, 3.05) is 5.88 Å². The summed E-state index contributed by atoms with van der Waals surface area (Å²) in [5.41, 5.74) is 2.42. The number of aryl methyl sites for hydroxylation is 1. The highest BCUT2D eigenvalue weighted by atomic mass is 35.5. The number of alkyl halides is 1. The third-order valence-electron chi connectivity index (χ3n) is 3.30. The number of phenolic OH excluding ortho intramolecular Hbond substituents is 1. The Balaban J connectivity index is 2.06. The lowest BCUT2D eigenvalue weighted by Crippen LogP contribution is -2.38. The molecule has 2 aromatic rings. The second kappa shape index (κ2) is 7.14. The van der Waals surface area contributed by atoms with Crippen molar-refractivity contribution in [1.29, 1.82) is 0 Å². The summed E-state index contributed by atoms with van der Waals surface area (Å²) in [6.45, 7) is 1.79. The van der Waals surface area contributed by atoms with Crippen molar-refractivity contribution in [1.82, 2.24) is 5.32 Å². The zero-order valence-corrected chi connectivity index (χ0v) is 12.6. The maximum atomic E-state index is 12.3. The molecule has 0 radical (unpaired) electrons. The first-order valence-corrected chi connectivity index (χ1v) is 7.34. The summed E-state index contributed by atoms with van der Waals surface area (Å²) in [5.74, 6) is 0.328. The number of carbonyl (C=O) groups excluding carboxylic acids is 1. The Morgan fingerprint density at radius 2 is 1.95 bits per heavy atom. The number of rotatable bonds is 5. The van der Waals surface area contributed by atoms with Crippen molar-refractivity contribution in [3.05, 3.63) is 65.2 Å². The minimum absolute atomic E-state index is 0.130. The van der Waals surface area contributed by atoms with E-state index in [1.165, 1.54) is 6.07 Å². The van der Waals surface area contributed by atoms with Crippen molar-refractivity contribution in [3.8, 4) is 5.75 Å². The number of amides is 1. The minimum Gasteiger partial charge on any atom is -0.508 e. The fraction of sp³-hybridized carbons (Fsp3) is 0.235. The molecule has 0 heterocycles. The van der Waals surface area contributed by atoms with Gasteiger partial charge < -0.3 is 10.4 Å². The summed E-state index contributed by atoms with van der Waals surface area (Å²) in [4.78, 5) is 12.3. The van der Waals surface area contributed by atoms with Gasteiger partial charge >= 0.3 is 0 Å². The molecule has 2 N–H and O–H groups in total. The Bertz CT molecular complexity index is 613. The zero-order valence-electron chi connectivity index (χ0n) is 11.8. The maximum Gasteiger partial charge on any atom is 0.251 e. The van der Waals surface area contributed by atoms with Crippen LogP contribution in [0.3, 0.4) is 0 Å². The summed E-state index contributed by atoms with van der Waals surface area (Å²) >= 11 is 5.96. The van der Waals surface area contributed by atoms with E-state index in [-0.39, 0.29) is 17.7 Å². The van der Waals surface area contributed by atoms with E-state index in [2.05, 4.69) is 5.32 Å². The fourth-order valence-corrected chi connectivity index (χ4v) is 2.39. The van der Waals surface area contributed by atoms with E-state index in [0.717, 1.165) is 11.1 Å². The largest absolute Gasteiger partial charge is 0.508 e. The molecule has 1 amide bonds. The standard InChI is InChI=1S/C17H18ClNO2/c1-12-9-15(20)7-8-16(12)17(21)19-14(11-18)10-13-5-3-2-4-6-13/h2-9,14,20H,10-11H2,1H3,(H,19,21). The third kappa shape index (κ3) is 4.23. The molecule has 0 bridgehead atoms. The molecule has 4 heteroatoms. The van der Waals surface area contributed by atoms with Gasteiger partial charge in [0, 0.05) is 17.5 Å².